The van der Waals surface area contributed by atoms with Crippen molar-refractivity contribution in [3.63, 3.8) is 0 Å². The summed E-state index contributed by atoms with van der Waals surface area (Å²) < 4.78 is 39.0. The van der Waals surface area contributed by atoms with E-state index in [0.29, 0.717) is 6.07 Å². The zero-order chi connectivity index (χ0) is 13.2. The van der Waals surface area contributed by atoms with E-state index >= 15 is 0 Å². The first kappa shape index (κ1) is 13.6. The molecule has 1 aromatic heterocycles. The Hall–Kier alpha value is -1.46. The lowest BCUT2D eigenvalue weighted by Gasteiger charge is -2.09. The number of hydrogen-bond acceptors (Lipinski definition) is 5. The lowest BCUT2D eigenvalue weighted by Crippen LogP contribution is -2.19. The summed E-state index contributed by atoms with van der Waals surface area (Å²) in [7, 11) is 0. The van der Waals surface area contributed by atoms with Crippen LogP contribution in [0.1, 0.15) is 10.4 Å². The summed E-state index contributed by atoms with van der Waals surface area (Å²) in [4.78, 5) is 23.3. The Morgan fingerprint density at radius 2 is 2.12 bits per heavy atom. The molecule has 1 heterocycles. The van der Waals surface area contributed by atoms with Gasteiger partial charge in [0.15, 0.2) is 9.99 Å². The number of ether oxygens (including phenoxy) is 1. The van der Waals surface area contributed by atoms with E-state index in [-0.39, 0.29) is 9.99 Å². The van der Waals surface area contributed by atoms with Crippen LogP contribution in [0.15, 0.2) is 6.07 Å². The molecule has 6 nitrogen and oxygen atoms in total. The summed E-state index contributed by atoms with van der Waals surface area (Å²) in [6.07, 6.45) is -5.03. The quantitative estimate of drug-likeness (QED) is 0.271. The Morgan fingerprint density at radius 1 is 1.53 bits per heavy atom. The van der Waals surface area contributed by atoms with Crippen LogP contribution >= 0.6 is 22.6 Å². The van der Waals surface area contributed by atoms with Gasteiger partial charge >= 0.3 is 12.0 Å². The van der Waals surface area contributed by atoms with Crippen LogP contribution in [-0.2, 0) is 0 Å². The van der Waals surface area contributed by atoms with Crippen LogP contribution in [0, 0.1) is 13.8 Å². The van der Waals surface area contributed by atoms with Crippen molar-refractivity contribution in [3.8, 4) is 5.88 Å². The van der Waals surface area contributed by atoms with Crippen molar-refractivity contribution in [2.75, 3.05) is 0 Å². The smallest absolute Gasteiger partial charge is 0.387 e. The van der Waals surface area contributed by atoms with Gasteiger partial charge in [0.25, 0.3) is 0 Å². The highest BCUT2D eigenvalue weighted by Gasteiger charge is 2.34. The average Bonchev–Trinajstić information content (AvgIpc) is 2.14. The number of halogens is 4. The normalized spacial score (nSPS) is 11.1. The summed E-state index contributed by atoms with van der Waals surface area (Å²) >= 11 is 1.37. The number of carbonyl (C=O) groups is 1. The molecule has 0 saturated heterocycles. The predicted octanol–water partition coefficient (Wildman–Crippen LogP) is 2.31. The molecule has 92 valence electrons. The highest BCUT2D eigenvalue weighted by molar-refractivity contribution is 14.1. The third kappa shape index (κ3) is 3.51. The lowest BCUT2D eigenvalue weighted by molar-refractivity contribution is -0.386. The van der Waals surface area contributed by atoms with Crippen LogP contribution in [0.2, 0.25) is 0 Å². The molecular weight excluding hydrogens is 360 g/mol. The molecule has 0 aliphatic rings. The molecular formula is C7H2F3IN2O4. The number of nitro groups is 1. The van der Waals surface area contributed by atoms with Crippen LogP contribution in [0.5, 0.6) is 5.88 Å². The minimum absolute atomic E-state index is 0.00282. The van der Waals surface area contributed by atoms with Crippen LogP contribution < -0.4 is 4.74 Å². The maximum atomic E-state index is 11.9. The molecule has 0 amide bonds. The van der Waals surface area contributed by atoms with Gasteiger partial charge in [0, 0.05) is 6.07 Å². The van der Waals surface area contributed by atoms with Gasteiger partial charge in [-0.1, -0.05) is 0 Å². The van der Waals surface area contributed by atoms with E-state index in [1.165, 1.54) is 22.6 Å². The minimum atomic E-state index is -5.02. The number of alkyl halides is 3. The van der Waals surface area contributed by atoms with Crippen LogP contribution in [-0.4, -0.2) is 22.6 Å². The Kier molecular flexibility index (Phi) is 3.85. The fourth-order valence-electron chi connectivity index (χ4n) is 0.883. The first-order chi connectivity index (χ1) is 7.74. The largest absolute Gasteiger partial charge is 0.574 e. The standard InChI is InChI=1S/C7H2F3IN2O4/c8-7(9,10)17-6-3(2-14)1-4(13(15)16)5(11)12-6/h1-2H. The maximum absolute atomic E-state index is 11.9. The third-order valence-corrected chi connectivity index (χ3v) is 2.28. The van der Waals surface area contributed by atoms with Gasteiger partial charge in [-0.15, -0.1) is 13.2 Å². The summed E-state index contributed by atoms with van der Waals surface area (Å²) in [5.74, 6) is -1.01. The first-order valence-electron chi connectivity index (χ1n) is 3.80. The van der Waals surface area contributed by atoms with Crippen molar-refractivity contribution in [3.05, 3.63) is 25.4 Å². The van der Waals surface area contributed by atoms with Crippen molar-refractivity contribution in [2.45, 2.75) is 6.36 Å². The summed E-state index contributed by atoms with van der Waals surface area (Å²) in [5, 5.41) is 10.5. The second-order valence-electron chi connectivity index (χ2n) is 2.62. The van der Waals surface area contributed by atoms with E-state index in [1.54, 1.807) is 0 Å². The van der Waals surface area contributed by atoms with Gasteiger partial charge in [-0.05, 0) is 22.6 Å². The van der Waals surface area contributed by atoms with Crippen molar-refractivity contribution in [1.82, 2.24) is 4.98 Å². The molecule has 0 radical (unpaired) electrons. The Bertz CT molecular complexity index is 477. The number of aldehydes is 1. The zero-order valence-corrected chi connectivity index (χ0v) is 9.85. The van der Waals surface area contributed by atoms with Crippen molar-refractivity contribution in [1.29, 1.82) is 0 Å². The highest BCUT2D eigenvalue weighted by Crippen LogP contribution is 2.29. The molecule has 0 unspecified atom stereocenters. The van der Waals surface area contributed by atoms with Gasteiger partial charge in [0.05, 0.1) is 10.5 Å². The second kappa shape index (κ2) is 4.81. The lowest BCUT2D eigenvalue weighted by atomic mass is 10.3. The third-order valence-electron chi connectivity index (χ3n) is 1.49. The van der Waals surface area contributed by atoms with Gasteiger partial charge in [-0.2, -0.15) is 4.98 Å². The Balaban J connectivity index is 3.28. The molecule has 0 saturated carbocycles. The zero-order valence-electron chi connectivity index (χ0n) is 7.69. The van der Waals surface area contributed by atoms with Crippen molar-refractivity contribution < 1.29 is 27.6 Å². The highest BCUT2D eigenvalue weighted by atomic mass is 127. The van der Waals surface area contributed by atoms with Crippen molar-refractivity contribution >= 4 is 34.6 Å². The molecule has 0 N–H and O–H groups in total. The molecule has 17 heavy (non-hydrogen) atoms. The number of carbonyl (C=O) groups excluding carboxylic acids is 1. The van der Waals surface area contributed by atoms with E-state index in [9.17, 15) is 28.1 Å². The van der Waals surface area contributed by atoms with Crippen LogP contribution in [0.3, 0.4) is 0 Å². The number of hydrogen-bond donors (Lipinski definition) is 0. The second-order valence-corrected chi connectivity index (χ2v) is 3.64. The first-order valence-corrected chi connectivity index (χ1v) is 4.88. The van der Waals surface area contributed by atoms with Gasteiger partial charge in [-0.25, -0.2) is 0 Å². The molecule has 10 heteroatoms. The Morgan fingerprint density at radius 3 is 2.53 bits per heavy atom. The summed E-state index contributed by atoms with van der Waals surface area (Å²) in [5.41, 5.74) is -1.21. The van der Waals surface area contributed by atoms with Gasteiger partial charge < -0.3 is 4.74 Å². The number of aromatic nitrogens is 1. The van der Waals surface area contributed by atoms with Gasteiger partial charge in [0.2, 0.25) is 5.88 Å². The Labute approximate surface area is 105 Å². The molecule has 0 fully saturated rings. The fraction of sp³-hybridized carbons (Fsp3) is 0.143. The van der Waals surface area contributed by atoms with Crippen LogP contribution in [0.4, 0.5) is 18.9 Å². The van der Waals surface area contributed by atoms with Crippen LogP contribution in [0.25, 0.3) is 0 Å². The number of pyridine rings is 1. The van der Waals surface area contributed by atoms with E-state index < -0.39 is 28.4 Å². The molecule has 1 rings (SSSR count). The number of rotatable bonds is 3. The molecule has 0 atom stereocenters. The molecule has 1 aromatic rings. The minimum Gasteiger partial charge on any atom is -0.387 e. The fourth-order valence-corrected chi connectivity index (χ4v) is 1.46. The van der Waals surface area contributed by atoms with E-state index in [0.717, 1.165) is 0 Å². The van der Waals surface area contributed by atoms with E-state index in [1.807, 2.05) is 0 Å². The molecule has 0 aromatic carbocycles. The molecule has 0 bridgehead atoms. The molecule has 0 aliphatic heterocycles. The van der Waals surface area contributed by atoms with E-state index in [2.05, 4.69) is 9.72 Å². The SMILES string of the molecule is O=Cc1cc([N+](=O)[O-])c(I)nc1OC(F)(F)F. The topological polar surface area (TPSA) is 82.3 Å². The molecule has 0 aliphatic carbocycles. The molecule has 0 spiro atoms. The van der Waals surface area contributed by atoms with Gasteiger partial charge in [-0.3, -0.25) is 14.9 Å². The van der Waals surface area contributed by atoms with Gasteiger partial charge in [0.1, 0.15) is 0 Å². The predicted molar refractivity (Wildman–Crippen MR) is 55.7 cm³/mol. The average molecular weight is 362 g/mol. The summed E-state index contributed by atoms with van der Waals surface area (Å²) in [6, 6.07) is 0.669. The summed E-state index contributed by atoms with van der Waals surface area (Å²) in [6.45, 7) is 0. The maximum Gasteiger partial charge on any atom is 0.574 e. The van der Waals surface area contributed by atoms with Crippen molar-refractivity contribution in [2.24, 2.45) is 0 Å². The van der Waals surface area contributed by atoms with E-state index in [4.69, 9.17) is 0 Å². The monoisotopic (exact) mass is 362 g/mol. The number of nitrogens with zero attached hydrogens (tertiary/aromatic N) is 2.